The van der Waals surface area contributed by atoms with Gasteiger partial charge in [0.1, 0.15) is 0 Å². The van der Waals surface area contributed by atoms with Crippen molar-refractivity contribution in [3.05, 3.63) is 29.8 Å². The number of anilines is 1. The molecule has 0 radical (unpaired) electrons. The third-order valence-electron chi connectivity index (χ3n) is 4.46. The molecular formula is C15H19N3. The number of rotatable bonds is 1. The van der Waals surface area contributed by atoms with Crippen molar-refractivity contribution in [3.8, 4) is 6.07 Å². The highest BCUT2D eigenvalue weighted by atomic mass is 15.2. The van der Waals surface area contributed by atoms with E-state index in [0.29, 0.717) is 5.41 Å². The second-order valence-corrected chi connectivity index (χ2v) is 5.58. The van der Waals surface area contributed by atoms with Gasteiger partial charge in [0.15, 0.2) is 0 Å². The molecule has 2 aliphatic rings. The highest BCUT2D eigenvalue weighted by molar-refractivity contribution is 5.50. The van der Waals surface area contributed by atoms with Gasteiger partial charge in [-0.25, -0.2) is 0 Å². The van der Waals surface area contributed by atoms with Gasteiger partial charge in [-0.15, -0.1) is 0 Å². The summed E-state index contributed by atoms with van der Waals surface area (Å²) < 4.78 is 0. The zero-order valence-electron chi connectivity index (χ0n) is 10.7. The van der Waals surface area contributed by atoms with Crippen LogP contribution in [0.4, 0.5) is 5.69 Å². The molecule has 0 aliphatic carbocycles. The molecule has 1 aromatic carbocycles. The first-order chi connectivity index (χ1) is 8.81. The van der Waals surface area contributed by atoms with Crippen molar-refractivity contribution in [3.63, 3.8) is 0 Å². The van der Waals surface area contributed by atoms with E-state index in [1.165, 1.54) is 44.6 Å². The zero-order chi connectivity index (χ0) is 12.4. The smallest absolute Gasteiger partial charge is 0.0991 e. The van der Waals surface area contributed by atoms with Gasteiger partial charge in [0.05, 0.1) is 11.6 Å². The fourth-order valence-corrected chi connectivity index (χ4v) is 3.27. The predicted molar refractivity (Wildman–Crippen MR) is 72.5 cm³/mol. The Bertz CT molecular complexity index is 452. The summed E-state index contributed by atoms with van der Waals surface area (Å²) in [5.74, 6) is 0. The molecule has 0 amide bonds. The number of benzene rings is 1. The fraction of sp³-hybridized carbons (Fsp3) is 0.533. The Labute approximate surface area is 108 Å². The Morgan fingerprint density at radius 2 is 1.83 bits per heavy atom. The van der Waals surface area contributed by atoms with Crippen molar-refractivity contribution in [2.24, 2.45) is 5.41 Å². The summed E-state index contributed by atoms with van der Waals surface area (Å²) in [7, 11) is 0. The highest BCUT2D eigenvalue weighted by Gasteiger charge is 2.38. The molecule has 0 bridgehead atoms. The quantitative estimate of drug-likeness (QED) is 0.818. The molecule has 0 atom stereocenters. The van der Waals surface area contributed by atoms with Crippen molar-refractivity contribution >= 4 is 5.69 Å². The predicted octanol–water partition coefficient (Wildman–Crippen LogP) is 2.14. The summed E-state index contributed by atoms with van der Waals surface area (Å²) >= 11 is 0. The number of piperidine rings is 1. The van der Waals surface area contributed by atoms with Crippen LogP contribution >= 0.6 is 0 Å². The van der Waals surface area contributed by atoms with Crippen LogP contribution in [0.3, 0.4) is 0 Å². The minimum Gasteiger partial charge on any atom is -0.371 e. The summed E-state index contributed by atoms with van der Waals surface area (Å²) in [5.41, 5.74) is 2.55. The van der Waals surface area contributed by atoms with Gasteiger partial charge in [-0.3, -0.25) is 0 Å². The van der Waals surface area contributed by atoms with E-state index in [-0.39, 0.29) is 0 Å². The number of nitriles is 1. The minimum atomic E-state index is 0.541. The molecule has 0 saturated carbocycles. The maximum absolute atomic E-state index is 8.82. The topological polar surface area (TPSA) is 39.1 Å². The summed E-state index contributed by atoms with van der Waals surface area (Å²) in [5, 5.41) is 12.3. The lowest BCUT2D eigenvalue weighted by Crippen LogP contribution is -2.38. The van der Waals surface area contributed by atoms with Crippen LogP contribution in [0.1, 0.15) is 24.8 Å². The summed E-state index contributed by atoms with van der Waals surface area (Å²) in [6, 6.07) is 10.2. The molecule has 1 N–H and O–H groups in total. The van der Waals surface area contributed by atoms with Crippen LogP contribution in [-0.2, 0) is 0 Å². The first kappa shape index (κ1) is 11.6. The number of hydrogen-bond acceptors (Lipinski definition) is 3. The Kier molecular flexibility index (Phi) is 2.97. The lowest BCUT2D eigenvalue weighted by molar-refractivity contribution is 0.232. The molecule has 0 unspecified atom stereocenters. The van der Waals surface area contributed by atoms with Gasteiger partial charge >= 0.3 is 0 Å². The molecule has 3 nitrogen and oxygen atoms in total. The zero-order valence-corrected chi connectivity index (χ0v) is 10.7. The van der Waals surface area contributed by atoms with E-state index in [9.17, 15) is 0 Å². The standard InChI is InChI=1S/C15H19N3/c16-11-13-1-3-14(4-2-13)18-10-7-15(12-18)5-8-17-9-6-15/h1-4,17H,5-10,12H2. The molecule has 94 valence electrons. The maximum Gasteiger partial charge on any atom is 0.0991 e. The molecule has 18 heavy (non-hydrogen) atoms. The van der Waals surface area contributed by atoms with Crippen LogP contribution in [0.15, 0.2) is 24.3 Å². The SMILES string of the molecule is N#Cc1ccc(N2CCC3(CCNCC3)C2)cc1. The Balaban J connectivity index is 1.72. The maximum atomic E-state index is 8.82. The summed E-state index contributed by atoms with van der Waals surface area (Å²) in [6.45, 7) is 4.68. The summed E-state index contributed by atoms with van der Waals surface area (Å²) in [4.78, 5) is 2.48. The van der Waals surface area contributed by atoms with Crippen LogP contribution in [0.25, 0.3) is 0 Å². The van der Waals surface area contributed by atoms with Crippen LogP contribution < -0.4 is 10.2 Å². The Morgan fingerprint density at radius 3 is 2.50 bits per heavy atom. The molecule has 2 saturated heterocycles. The van der Waals surface area contributed by atoms with Crippen molar-refractivity contribution < 1.29 is 0 Å². The Hall–Kier alpha value is -1.53. The minimum absolute atomic E-state index is 0.541. The van der Waals surface area contributed by atoms with E-state index < -0.39 is 0 Å². The largest absolute Gasteiger partial charge is 0.371 e. The van der Waals surface area contributed by atoms with Gasteiger partial charge in [-0.1, -0.05) is 0 Å². The third kappa shape index (κ3) is 2.09. The monoisotopic (exact) mass is 241 g/mol. The molecule has 0 aromatic heterocycles. The molecule has 1 spiro atoms. The Morgan fingerprint density at radius 1 is 1.11 bits per heavy atom. The molecule has 2 fully saturated rings. The second-order valence-electron chi connectivity index (χ2n) is 5.58. The van der Waals surface area contributed by atoms with Crippen molar-refractivity contribution in [1.82, 2.24) is 5.32 Å². The van der Waals surface area contributed by atoms with Gasteiger partial charge in [-0.2, -0.15) is 5.26 Å². The number of nitrogens with zero attached hydrogens (tertiary/aromatic N) is 2. The lowest BCUT2D eigenvalue weighted by atomic mass is 9.78. The van der Waals surface area contributed by atoms with E-state index in [1.54, 1.807) is 0 Å². The normalized spacial score (nSPS) is 22.1. The van der Waals surface area contributed by atoms with E-state index in [1.807, 2.05) is 12.1 Å². The highest BCUT2D eigenvalue weighted by Crippen LogP contribution is 2.40. The molecule has 3 rings (SSSR count). The number of hydrogen-bond donors (Lipinski definition) is 1. The average molecular weight is 241 g/mol. The molecule has 2 heterocycles. The van der Waals surface area contributed by atoms with Gasteiger partial charge in [-0.05, 0) is 62.0 Å². The third-order valence-corrected chi connectivity index (χ3v) is 4.46. The molecular weight excluding hydrogens is 222 g/mol. The van der Waals surface area contributed by atoms with Crippen LogP contribution in [0.2, 0.25) is 0 Å². The van der Waals surface area contributed by atoms with Gasteiger partial charge in [0.25, 0.3) is 0 Å². The van der Waals surface area contributed by atoms with Crippen molar-refractivity contribution in [2.75, 3.05) is 31.1 Å². The van der Waals surface area contributed by atoms with Gasteiger partial charge < -0.3 is 10.2 Å². The summed E-state index contributed by atoms with van der Waals surface area (Å²) in [6.07, 6.45) is 3.92. The van der Waals surface area contributed by atoms with Crippen LogP contribution in [-0.4, -0.2) is 26.2 Å². The van der Waals surface area contributed by atoms with E-state index >= 15 is 0 Å². The fourth-order valence-electron chi connectivity index (χ4n) is 3.27. The molecule has 1 aromatic rings. The lowest BCUT2D eigenvalue weighted by Gasteiger charge is -2.34. The van der Waals surface area contributed by atoms with Crippen LogP contribution in [0.5, 0.6) is 0 Å². The average Bonchev–Trinajstić information content (AvgIpc) is 2.83. The van der Waals surface area contributed by atoms with E-state index in [2.05, 4.69) is 28.4 Å². The van der Waals surface area contributed by atoms with Crippen molar-refractivity contribution in [2.45, 2.75) is 19.3 Å². The van der Waals surface area contributed by atoms with Gasteiger partial charge in [0.2, 0.25) is 0 Å². The first-order valence-electron chi connectivity index (χ1n) is 6.77. The molecule has 3 heteroatoms. The van der Waals surface area contributed by atoms with E-state index in [0.717, 1.165) is 12.1 Å². The number of nitrogens with one attached hydrogen (secondary N) is 1. The second kappa shape index (κ2) is 4.62. The van der Waals surface area contributed by atoms with Crippen molar-refractivity contribution in [1.29, 1.82) is 5.26 Å². The van der Waals surface area contributed by atoms with Gasteiger partial charge in [0, 0.05) is 18.8 Å². The van der Waals surface area contributed by atoms with Crippen LogP contribution in [0, 0.1) is 16.7 Å². The molecule has 2 aliphatic heterocycles. The van der Waals surface area contributed by atoms with E-state index in [4.69, 9.17) is 5.26 Å². The first-order valence-corrected chi connectivity index (χ1v) is 6.77.